The highest BCUT2D eigenvalue weighted by atomic mass is 31.2. The molecule has 0 fully saturated rings. The van der Waals surface area contributed by atoms with E-state index in [0.717, 1.165) is 6.42 Å². The first-order valence-corrected chi connectivity index (χ1v) is 8.92. The maximum atomic E-state index is 12.1. The molecule has 4 nitrogen and oxygen atoms in total. The van der Waals surface area contributed by atoms with Gasteiger partial charge in [0, 0.05) is 0 Å². The van der Waals surface area contributed by atoms with Crippen LogP contribution in [0.3, 0.4) is 0 Å². The first-order valence-electron chi connectivity index (χ1n) is 7.42. The molecule has 0 aromatic rings. The van der Waals surface area contributed by atoms with E-state index >= 15 is 0 Å². The van der Waals surface area contributed by atoms with Crippen LogP contribution in [0, 0.1) is 10.8 Å². The molecule has 0 spiro atoms. The maximum Gasteiger partial charge on any atom is 0.472 e. The molecule has 0 saturated carbocycles. The van der Waals surface area contributed by atoms with Crippen LogP contribution in [0.1, 0.15) is 74.7 Å². The van der Waals surface area contributed by atoms with Gasteiger partial charge in [-0.1, -0.05) is 48.5 Å². The van der Waals surface area contributed by atoms with Gasteiger partial charge >= 0.3 is 7.82 Å². The first kappa shape index (κ1) is 20.1. The van der Waals surface area contributed by atoms with Crippen LogP contribution in [0.25, 0.3) is 0 Å². The van der Waals surface area contributed by atoms with Crippen molar-refractivity contribution in [3.05, 3.63) is 0 Å². The van der Waals surface area contributed by atoms with Crippen molar-refractivity contribution >= 4 is 7.82 Å². The lowest BCUT2D eigenvalue weighted by atomic mass is 9.82. The normalized spacial score (nSPS) is 19.4. The number of phosphoric acid groups is 1. The van der Waals surface area contributed by atoms with Gasteiger partial charge in [-0.05, 0) is 37.0 Å². The monoisotopic (exact) mass is 308 g/mol. The Bertz CT molecular complexity index is 346. The van der Waals surface area contributed by atoms with E-state index in [2.05, 4.69) is 20.8 Å². The van der Waals surface area contributed by atoms with Crippen molar-refractivity contribution in [2.45, 2.75) is 80.3 Å². The fourth-order valence-electron chi connectivity index (χ4n) is 2.01. The maximum absolute atomic E-state index is 12.1. The molecule has 0 aliphatic heterocycles. The standard InChI is InChI=1S/C15H33O4P/c1-9-14(6,7)12-18-20(16,17)19-15(8,10-2)11-13(3,4)5/h9-12H2,1-8H3,(H,16,17). The highest BCUT2D eigenvalue weighted by Crippen LogP contribution is 2.51. The van der Waals surface area contributed by atoms with Gasteiger partial charge in [-0.3, -0.25) is 9.05 Å². The Morgan fingerprint density at radius 3 is 1.85 bits per heavy atom. The molecule has 122 valence electrons. The van der Waals surface area contributed by atoms with Crippen LogP contribution in [-0.2, 0) is 13.6 Å². The number of phosphoric ester groups is 1. The summed E-state index contributed by atoms with van der Waals surface area (Å²) in [7, 11) is -4.03. The Labute approximate surface area is 124 Å². The summed E-state index contributed by atoms with van der Waals surface area (Å²) in [5, 5.41) is 0. The van der Waals surface area contributed by atoms with Crippen LogP contribution in [0.5, 0.6) is 0 Å². The van der Waals surface area contributed by atoms with E-state index in [1.165, 1.54) is 0 Å². The van der Waals surface area contributed by atoms with Crippen LogP contribution in [0.4, 0.5) is 0 Å². The smallest absolute Gasteiger partial charge is 0.302 e. The Morgan fingerprint density at radius 2 is 1.50 bits per heavy atom. The zero-order chi connectivity index (χ0) is 16.2. The molecule has 0 rings (SSSR count). The van der Waals surface area contributed by atoms with E-state index in [0.29, 0.717) is 12.8 Å². The molecular weight excluding hydrogens is 275 g/mol. The van der Waals surface area contributed by atoms with Gasteiger partial charge < -0.3 is 4.89 Å². The average Bonchev–Trinajstić information content (AvgIpc) is 2.23. The molecular formula is C15H33O4P. The Hall–Kier alpha value is 0.110. The van der Waals surface area contributed by atoms with Crippen molar-refractivity contribution in [3.63, 3.8) is 0 Å². The molecule has 0 amide bonds. The average molecular weight is 308 g/mol. The second kappa shape index (κ2) is 6.91. The minimum Gasteiger partial charge on any atom is -0.302 e. The Balaban J connectivity index is 4.75. The minimum absolute atomic E-state index is 0.0213. The van der Waals surface area contributed by atoms with Gasteiger partial charge in [0.15, 0.2) is 0 Å². The van der Waals surface area contributed by atoms with Crippen LogP contribution < -0.4 is 0 Å². The largest absolute Gasteiger partial charge is 0.472 e. The fraction of sp³-hybridized carbons (Fsp3) is 1.00. The van der Waals surface area contributed by atoms with Gasteiger partial charge in [-0.15, -0.1) is 0 Å². The first-order chi connectivity index (χ1) is 8.74. The molecule has 2 atom stereocenters. The van der Waals surface area contributed by atoms with Crippen LogP contribution in [-0.4, -0.2) is 17.1 Å². The van der Waals surface area contributed by atoms with Crippen LogP contribution in [0.2, 0.25) is 0 Å². The summed E-state index contributed by atoms with van der Waals surface area (Å²) in [6, 6.07) is 0. The van der Waals surface area contributed by atoms with Gasteiger partial charge in [0.1, 0.15) is 0 Å². The summed E-state index contributed by atoms with van der Waals surface area (Å²) in [6.45, 7) is 16.4. The Morgan fingerprint density at radius 1 is 1.00 bits per heavy atom. The SMILES string of the molecule is CCC(C)(C)COP(=O)(O)OC(C)(CC)CC(C)(C)C. The summed E-state index contributed by atoms with van der Waals surface area (Å²) in [5.74, 6) is 0. The van der Waals surface area contributed by atoms with E-state index in [4.69, 9.17) is 9.05 Å². The second-order valence-electron chi connectivity index (χ2n) is 7.89. The quantitative estimate of drug-likeness (QED) is 0.629. The molecule has 0 aliphatic carbocycles. The number of hydrogen-bond acceptors (Lipinski definition) is 3. The van der Waals surface area contributed by atoms with Gasteiger partial charge in [0.2, 0.25) is 0 Å². The summed E-state index contributed by atoms with van der Waals surface area (Å²) >= 11 is 0. The molecule has 0 saturated heterocycles. The molecule has 0 aromatic carbocycles. The molecule has 0 heterocycles. The topological polar surface area (TPSA) is 55.8 Å². The van der Waals surface area contributed by atoms with Gasteiger partial charge in [-0.25, -0.2) is 4.57 Å². The third kappa shape index (κ3) is 8.41. The Kier molecular flexibility index (Phi) is 6.95. The van der Waals surface area contributed by atoms with Gasteiger partial charge in [0.25, 0.3) is 0 Å². The summed E-state index contributed by atoms with van der Waals surface area (Å²) in [6.07, 6.45) is 2.23. The van der Waals surface area contributed by atoms with Crippen LogP contribution in [0.15, 0.2) is 0 Å². The van der Waals surface area contributed by atoms with Gasteiger partial charge in [-0.2, -0.15) is 0 Å². The number of hydrogen-bond donors (Lipinski definition) is 1. The highest BCUT2D eigenvalue weighted by molar-refractivity contribution is 7.47. The lowest BCUT2D eigenvalue weighted by molar-refractivity contribution is -0.00419. The lowest BCUT2D eigenvalue weighted by Gasteiger charge is -2.36. The van der Waals surface area contributed by atoms with Crippen molar-refractivity contribution in [2.75, 3.05) is 6.61 Å². The second-order valence-corrected chi connectivity index (χ2v) is 9.27. The third-order valence-electron chi connectivity index (χ3n) is 3.56. The molecule has 20 heavy (non-hydrogen) atoms. The van der Waals surface area contributed by atoms with Crippen molar-refractivity contribution in [1.82, 2.24) is 0 Å². The van der Waals surface area contributed by atoms with Crippen molar-refractivity contribution in [3.8, 4) is 0 Å². The summed E-state index contributed by atoms with van der Waals surface area (Å²) < 4.78 is 22.8. The fourth-order valence-corrected chi connectivity index (χ4v) is 3.32. The molecule has 0 aliphatic rings. The summed E-state index contributed by atoms with van der Waals surface area (Å²) in [4.78, 5) is 9.95. The zero-order valence-electron chi connectivity index (χ0n) is 14.4. The van der Waals surface area contributed by atoms with E-state index in [1.54, 1.807) is 0 Å². The van der Waals surface area contributed by atoms with E-state index in [1.807, 2.05) is 34.6 Å². The zero-order valence-corrected chi connectivity index (χ0v) is 15.3. The van der Waals surface area contributed by atoms with E-state index < -0.39 is 13.4 Å². The van der Waals surface area contributed by atoms with Crippen molar-refractivity contribution in [1.29, 1.82) is 0 Å². The number of rotatable bonds is 8. The lowest BCUT2D eigenvalue weighted by Crippen LogP contribution is -2.32. The van der Waals surface area contributed by atoms with Crippen molar-refractivity contribution < 1.29 is 18.5 Å². The minimum atomic E-state index is -4.03. The van der Waals surface area contributed by atoms with E-state index in [9.17, 15) is 9.46 Å². The van der Waals surface area contributed by atoms with Crippen molar-refractivity contribution in [2.24, 2.45) is 10.8 Å². The third-order valence-corrected chi connectivity index (χ3v) is 4.69. The molecule has 0 radical (unpaired) electrons. The predicted molar refractivity (Wildman–Crippen MR) is 83.7 cm³/mol. The molecule has 5 heteroatoms. The molecule has 2 unspecified atom stereocenters. The van der Waals surface area contributed by atoms with Gasteiger partial charge in [0.05, 0.1) is 12.2 Å². The molecule has 0 bridgehead atoms. The highest BCUT2D eigenvalue weighted by Gasteiger charge is 2.38. The van der Waals surface area contributed by atoms with E-state index in [-0.39, 0.29) is 17.4 Å². The summed E-state index contributed by atoms with van der Waals surface area (Å²) in [5.41, 5.74) is -0.763. The molecule has 1 N–H and O–H groups in total. The van der Waals surface area contributed by atoms with Crippen LogP contribution >= 0.6 is 7.82 Å². The molecule has 0 aromatic heterocycles. The predicted octanol–water partition coefficient (Wildman–Crippen LogP) is 5.16.